The number of carbonyl (C=O) groups is 2. The second kappa shape index (κ2) is 24.1. The maximum absolute atomic E-state index is 11.6. The van der Waals surface area contributed by atoms with Crippen LogP contribution in [0.25, 0.3) is 12.2 Å². The Hall–Kier alpha value is -3.54. The van der Waals surface area contributed by atoms with Gasteiger partial charge in [-0.3, -0.25) is 0 Å². The van der Waals surface area contributed by atoms with Crippen LogP contribution in [0.1, 0.15) is 102 Å². The van der Waals surface area contributed by atoms with Crippen molar-refractivity contribution in [2.75, 3.05) is 27.4 Å². The summed E-state index contributed by atoms with van der Waals surface area (Å²) in [6.45, 7) is 7.47. The molecule has 6 nitrogen and oxygen atoms in total. The molecule has 0 aliphatic rings. The monoisotopic (exact) mass is 580 g/mol. The van der Waals surface area contributed by atoms with Crippen molar-refractivity contribution in [3.63, 3.8) is 0 Å². The first-order valence-corrected chi connectivity index (χ1v) is 15.5. The lowest BCUT2D eigenvalue weighted by molar-refractivity contribution is -0.138. The zero-order valence-electron chi connectivity index (χ0n) is 26.5. The van der Waals surface area contributed by atoms with Gasteiger partial charge in [0.25, 0.3) is 0 Å². The Morgan fingerprint density at radius 1 is 0.619 bits per heavy atom. The highest BCUT2D eigenvalue weighted by molar-refractivity contribution is 5.87. The zero-order chi connectivity index (χ0) is 30.8. The predicted octanol–water partition coefficient (Wildman–Crippen LogP) is 9.01. The summed E-state index contributed by atoms with van der Waals surface area (Å²) in [5, 5.41) is 0. The van der Waals surface area contributed by atoms with E-state index in [-0.39, 0.29) is 11.9 Å². The van der Waals surface area contributed by atoms with Crippen LogP contribution in [0.3, 0.4) is 0 Å². The zero-order valence-corrected chi connectivity index (χ0v) is 26.5. The fourth-order valence-electron chi connectivity index (χ4n) is 4.07. The van der Waals surface area contributed by atoms with Crippen molar-refractivity contribution in [2.45, 2.75) is 91.4 Å². The molecule has 0 saturated heterocycles. The highest BCUT2D eigenvalue weighted by atomic mass is 16.5. The number of hydrogen-bond acceptors (Lipinski definition) is 6. The van der Waals surface area contributed by atoms with E-state index < -0.39 is 0 Å². The van der Waals surface area contributed by atoms with Gasteiger partial charge in [-0.25, -0.2) is 9.59 Å². The molecule has 0 fully saturated rings. The van der Waals surface area contributed by atoms with Crippen molar-refractivity contribution in [1.82, 2.24) is 0 Å². The smallest absolute Gasteiger partial charge is 0.330 e. The third-order valence-corrected chi connectivity index (χ3v) is 6.64. The van der Waals surface area contributed by atoms with Gasteiger partial charge in [-0.15, -0.1) is 0 Å². The summed E-state index contributed by atoms with van der Waals surface area (Å²) in [4.78, 5) is 23.2. The summed E-state index contributed by atoms with van der Waals surface area (Å²) in [7, 11) is 3.28. The minimum absolute atomic E-state index is 0.274. The van der Waals surface area contributed by atoms with Crippen molar-refractivity contribution >= 4 is 24.1 Å². The average Bonchev–Trinajstić information content (AvgIpc) is 3.02. The Morgan fingerprint density at radius 3 is 1.67 bits per heavy atom. The molecular weight excluding hydrogens is 528 g/mol. The van der Waals surface area contributed by atoms with Gasteiger partial charge < -0.3 is 18.9 Å². The van der Waals surface area contributed by atoms with E-state index in [9.17, 15) is 9.59 Å². The fraction of sp³-hybridized carbons (Fsp3) is 0.500. The van der Waals surface area contributed by atoms with Gasteiger partial charge in [-0.2, -0.15) is 0 Å². The van der Waals surface area contributed by atoms with E-state index >= 15 is 0 Å². The Morgan fingerprint density at radius 2 is 1.12 bits per heavy atom. The number of rotatable bonds is 19. The summed E-state index contributed by atoms with van der Waals surface area (Å²) in [5.41, 5.74) is 3.13. The van der Waals surface area contributed by atoms with Gasteiger partial charge in [-0.05, 0) is 72.4 Å². The van der Waals surface area contributed by atoms with Gasteiger partial charge >= 0.3 is 11.9 Å². The van der Waals surface area contributed by atoms with E-state index in [1.54, 1.807) is 20.3 Å². The van der Waals surface area contributed by atoms with Crippen molar-refractivity contribution in [3.05, 3.63) is 71.3 Å². The minimum Gasteiger partial charge on any atom is -0.497 e. The third-order valence-electron chi connectivity index (χ3n) is 6.64. The van der Waals surface area contributed by atoms with Gasteiger partial charge in [0.05, 0.1) is 27.4 Å². The molecule has 2 aromatic carbocycles. The molecule has 2 aromatic rings. The highest BCUT2D eigenvalue weighted by Crippen LogP contribution is 2.19. The number of esters is 2. The second-order valence-electron chi connectivity index (χ2n) is 10.0. The van der Waals surface area contributed by atoms with Gasteiger partial charge in [0, 0.05) is 12.2 Å². The van der Waals surface area contributed by atoms with Crippen LogP contribution in [0, 0.1) is 0 Å². The van der Waals surface area contributed by atoms with E-state index in [1.165, 1.54) is 50.7 Å². The van der Waals surface area contributed by atoms with E-state index in [4.69, 9.17) is 18.9 Å². The second-order valence-corrected chi connectivity index (χ2v) is 10.0. The van der Waals surface area contributed by atoms with Crippen molar-refractivity contribution in [3.8, 4) is 11.5 Å². The normalized spacial score (nSPS) is 10.8. The van der Waals surface area contributed by atoms with Crippen molar-refractivity contribution in [2.24, 2.45) is 0 Å². The highest BCUT2D eigenvalue weighted by Gasteiger charge is 2.02. The van der Waals surface area contributed by atoms with Crippen molar-refractivity contribution in [1.29, 1.82) is 0 Å². The summed E-state index contributed by atoms with van der Waals surface area (Å²) >= 11 is 0. The molecule has 2 rings (SSSR count). The van der Waals surface area contributed by atoms with Crippen LogP contribution >= 0.6 is 0 Å². The standard InChI is InChI=1S/2C18H26O3/c1-4-6-7-8-13-21-18(19)12-10-16-9-11-17(20-3)14-15(16)5-2;1-3-4-5-6-7-8-15-21-18(19)14-11-16-9-12-17(20-2)13-10-16/h9-12,14H,4-8,13H2,1-3H3;9-14H,3-8,15H2,1-2H3. The topological polar surface area (TPSA) is 71.1 Å². The summed E-state index contributed by atoms with van der Waals surface area (Å²) in [5.74, 6) is 1.09. The van der Waals surface area contributed by atoms with Gasteiger partial charge in [-0.1, -0.05) is 90.3 Å². The first-order chi connectivity index (χ1) is 20.5. The molecule has 0 amide bonds. The number of methoxy groups -OCH3 is 2. The fourth-order valence-corrected chi connectivity index (χ4v) is 4.07. The van der Waals surface area contributed by atoms with Crippen LogP contribution in [-0.2, 0) is 25.5 Å². The number of carbonyl (C=O) groups excluding carboxylic acids is 2. The Balaban J connectivity index is 0.000000420. The van der Waals surface area contributed by atoms with E-state index in [0.29, 0.717) is 13.2 Å². The van der Waals surface area contributed by atoms with Gasteiger partial charge in [0.2, 0.25) is 0 Å². The van der Waals surface area contributed by atoms with Crippen LogP contribution in [0.2, 0.25) is 0 Å². The quantitative estimate of drug-likeness (QED) is 0.0938. The van der Waals surface area contributed by atoms with Crippen molar-refractivity contribution < 1.29 is 28.5 Å². The molecule has 0 atom stereocenters. The number of unbranched alkanes of at least 4 members (excludes halogenated alkanes) is 8. The third kappa shape index (κ3) is 17.3. The predicted molar refractivity (Wildman–Crippen MR) is 173 cm³/mol. The summed E-state index contributed by atoms with van der Waals surface area (Å²) in [6.07, 6.45) is 19.0. The number of ether oxygens (including phenoxy) is 4. The molecule has 6 heteroatoms. The molecule has 0 bridgehead atoms. The molecule has 0 unspecified atom stereocenters. The molecule has 0 heterocycles. The molecule has 0 aromatic heterocycles. The van der Waals surface area contributed by atoms with Gasteiger partial charge in [0.1, 0.15) is 11.5 Å². The minimum atomic E-state index is -0.278. The molecule has 0 N–H and O–H groups in total. The first-order valence-electron chi connectivity index (χ1n) is 15.5. The summed E-state index contributed by atoms with van der Waals surface area (Å²) in [6, 6.07) is 13.4. The van der Waals surface area contributed by atoms with Crippen LogP contribution in [-0.4, -0.2) is 39.4 Å². The summed E-state index contributed by atoms with van der Waals surface area (Å²) < 4.78 is 20.6. The van der Waals surface area contributed by atoms with E-state index in [2.05, 4.69) is 20.8 Å². The van der Waals surface area contributed by atoms with E-state index in [0.717, 1.165) is 60.3 Å². The SMILES string of the molecule is CCCCCCCCOC(=O)C=Cc1ccc(OC)cc1.CCCCCCOC(=O)C=Cc1ccc(OC)cc1CC. The molecule has 0 saturated carbocycles. The maximum Gasteiger partial charge on any atom is 0.330 e. The lowest BCUT2D eigenvalue weighted by atomic mass is 10.0. The number of aryl methyl sites for hydroxylation is 1. The van der Waals surface area contributed by atoms with Crippen LogP contribution < -0.4 is 9.47 Å². The van der Waals surface area contributed by atoms with E-state index in [1.807, 2.05) is 48.5 Å². The van der Waals surface area contributed by atoms with Crippen LogP contribution in [0.4, 0.5) is 0 Å². The average molecular weight is 581 g/mol. The molecular formula is C36H52O6. The first kappa shape index (κ1) is 36.5. The largest absolute Gasteiger partial charge is 0.497 e. The van der Waals surface area contributed by atoms with Crippen LogP contribution in [0.15, 0.2) is 54.6 Å². The number of benzene rings is 2. The van der Waals surface area contributed by atoms with Crippen LogP contribution in [0.5, 0.6) is 11.5 Å². The molecule has 232 valence electrons. The molecule has 42 heavy (non-hydrogen) atoms. The molecule has 0 radical (unpaired) electrons. The Kier molecular flexibility index (Phi) is 20.9. The van der Waals surface area contributed by atoms with Gasteiger partial charge in [0.15, 0.2) is 0 Å². The number of hydrogen-bond donors (Lipinski definition) is 0. The maximum atomic E-state index is 11.6. The lowest BCUT2D eigenvalue weighted by Gasteiger charge is -2.06. The Labute approximate surface area is 254 Å². The molecule has 0 spiro atoms. The lowest BCUT2D eigenvalue weighted by Crippen LogP contribution is -2.02. The molecule has 0 aliphatic carbocycles. The Bertz CT molecular complexity index is 1060. The molecule has 0 aliphatic heterocycles.